The number of aryl methyl sites for hydroxylation is 1. The normalized spacial score (nSPS) is 19.5. The van der Waals surface area contributed by atoms with Crippen LogP contribution in [-0.2, 0) is 17.1 Å². The van der Waals surface area contributed by atoms with Crippen LogP contribution >= 0.6 is 0 Å². The fourth-order valence-electron chi connectivity index (χ4n) is 3.48. The number of carbonyl (C=O) groups excluding carboxylic acids is 1. The molecule has 2 aromatic rings. The third-order valence-electron chi connectivity index (χ3n) is 4.90. The summed E-state index contributed by atoms with van der Waals surface area (Å²) in [5.74, 6) is -0.0691. The Bertz CT molecular complexity index is 853. The van der Waals surface area contributed by atoms with Crippen LogP contribution in [0.2, 0.25) is 0 Å². The van der Waals surface area contributed by atoms with Gasteiger partial charge in [-0.05, 0) is 44.0 Å². The Labute approximate surface area is 149 Å². The lowest BCUT2D eigenvalue weighted by molar-refractivity contribution is 0.101. The molecular weight excluding hydrogens is 336 g/mol. The summed E-state index contributed by atoms with van der Waals surface area (Å²) in [4.78, 5) is 11.7. The van der Waals surface area contributed by atoms with E-state index in [2.05, 4.69) is 0 Å². The third-order valence-corrected chi connectivity index (χ3v) is 6.82. The second-order valence-corrected chi connectivity index (χ2v) is 8.50. The van der Waals surface area contributed by atoms with Crippen molar-refractivity contribution in [2.45, 2.75) is 43.5 Å². The highest BCUT2D eigenvalue weighted by Gasteiger charge is 2.34. The average Bonchev–Trinajstić information content (AvgIpc) is 2.86. The maximum Gasteiger partial charge on any atom is 0.243 e. The van der Waals surface area contributed by atoms with E-state index in [0.717, 1.165) is 31.4 Å². The number of nitrogens with zero attached hydrogens (tertiary/aromatic N) is 2. The molecule has 25 heavy (non-hydrogen) atoms. The first-order valence-corrected chi connectivity index (χ1v) is 10.1. The molecule has 1 saturated heterocycles. The summed E-state index contributed by atoms with van der Waals surface area (Å²) >= 11 is 0. The van der Waals surface area contributed by atoms with Crippen molar-refractivity contribution < 1.29 is 13.2 Å². The predicted octanol–water partition coefficient (Wildman–Crippen LogP) is 3.53. The predicted molar refractivity (Wildman–Crippen MR) is 97.0 cm³/mol. The summed E-state index contributed by atoms with van der Waals surface area (Å²) in [5.41, 5.74) is 1.54. The van der Waals surface area contributed by atoms with Crippen molar-refractivity contribution >= 4 is 15.8 Å². The van der Waals surface area contributed by atoms with Crippen molar-refractivity contribution in [3.63, 3.8) is 0 Å². The van der Waals surface area contributed by atoms with E-state index in [1.807, 2.05) is 29.9 Å². The topological polar surface area (TPSA) is 59.4 Å². The molecule has 0 spiro atoms. The number of rotatable bonds is 4. The number of sulfonamides is 1. The first-order valence-electron chi connectivity index (χ1n) is 8.65. The van der Waals surface area contributed by atoms with Gasteiger partial charge in [0.25, 0.3) is 0 Å². The maximum atomic E-state index is 13.3. The number of benzene rings is 1. The third kappa shape index (κ3) is 3.55. The van der Waals surface area contributed by atoms with Gasteiger partial charge in [-0.3, -0.25) is 4.79 Å². The van der Waals surface area contributed by atoms with E-state index in [1.165, 1.54) is 6.92 Å². The van der Waals surface area contributed by atoms with Gasteiger partial charge >= 0.3 is 0 Å². The van der Waals surface area contributed by atoms with Gasteiger partial charge in [0.15, 0.2) is 5.78 Å². The van der Waals surface area contributed by atoms with Crippen LogP contribution in [0.25, 0.3) is 0 Å². The summed E-state index contributed by atoms with van der Waals surface area (Å²) in [5, 5.41) is 0. The standard InChI is InChI=1S/C19H24N2O3S/c1-15(22)16-9-11-17(12-10-16)25(23,24)21-14-5-3-4-7-19(21)18-8-6-13-20(18)2/h6,8-13,19H,3-5,7,14H2,1-2H3/t19-/m1/s1. The number of aromatic nitrogens is 1. The van der Waals surface area contributed by atoms with Crippen molar-refractivity contribution in [1.29, 1.82) is 0 Å². The molecule has 0 saturated carbocycles. The van der Waals surface area contributed by atoms with Gasteiger partial charge < -0.3 is 4.57 Å². The van der Waals surface area contributed by atoms with Crippen LogP contribution < -0.4 is 0 Å². The molecule has 3 rings (SSSR count). The molecule has 1 aromatic heterocycles. The van der Waals surface area contributed by atoms with E-state index in [4.69, 9.17) is 0 Å². The molecule has 2 heterocycles. The van der Waals surface area contributed by atoms with Gasteiger partial charge in [0.2, 0.25) is 10.0 Å². The average molecular weight is 360 g/mol. The van der Waals surface area contributed by atoms with E-state index in [0.29, 0.717) is 12.1 Å². The highest BCUT2D eigenvalue weighted by Crippen LogP contribution is 2.34. The lowest BCUT2D eigenvalue weighted by Gasteiger charge is -2.29. The molecule has 0 N–H and O–H groups in total. The zero-order valence-electron chi connectivity index (χ0n) is 14.7. The summed E-state index contributed by atoms with van der Waals surface area (Å²) in [6.45, 7) is 2.00. The molecule has 1 aromatic carbocycles. The number of Topliss-reactive ketones (excluding diaryl/α,β-unsaturated/α-hetero) is 1. The van der Waals surface area contributed by atoms with Crippen LogP contribution in [-0.4, -0.2) is 29.6 Å². The van der Waals surface area contributed by atoms with Crippen molar-refractivity contribution in [3.05, 3.63) is 53.9 Å². The minimum Gasteiger partial charge on any atom is -0.353 e. The summed E-state index contributed by atoms with van der Waals surface area (Å²) in [7, 11) is -1.66. The Hall–Kier alpha value is -1.92. The van der Waals surface area contributed by atoms with E-state index in [1.54, 1.807) is 28.6 Å². The fraction of sp³-hybridized carbons (Fsp3) is 0.421. The molecule has 134 valence electrons. The SMILES string of the molecule is CC(=O)c1ccc(S(=O)(=O)N2CCCCC[C@@H]2c2cccn2C)cc1. The first kappa shape index (κ1) is 17.9. The molecule has 1 aliphatic rings. The van der Waals surface area contributed by atoms with Crippen molar-refractivity contribution in [3.8, 4) is 0 Å². The molecule has 1 atom stereocenters. The molecule has 0 unspecified atom stereocenters. The maximum absolute atomic E-state index is 13.3. The molecule has 0 amide bonds. The Kier molecular flexibility index (Phi) is 5.11. The van der Waals surface area contributed by atoms with E-state index < -0.39 is 10.0 Å². The Morgan fingerprint density at radius 1 is 1.08 bits per heavy atom. The van der Waals surface area contributed by atoms with Crippen LogP contribution in [0.4, 0.5) is 0 Å². The summed E-state index contributed by atoms with van der Waals surface area (Å²) < 4.78 is 30.2. The van der Waals surface area contributed by atoms with Gasteiger partial charge in [0, 0.05) is 31.0 Å². The van der Waals surface area contributed by atoms with Crippen molar-refractivity contribution in [2.24, 2.45) is 7.05 Å². The lowest BCUT2D eigenvalue weighted by Crippen LogP contribution is -2.35. The fourth-order valence-corrected chi connectivity index (χ4v) is 5.15. The monoisotopic (exact) mass is 360 g/mol. The van der Waals surface area contributed by atoms with E-state index in [9.17, 15) is 13.2 Å². The van der Waals surface area contributed by atoms with Crippen molar-refractivity contribution in [2.75, 3.05) is 6.54 Å². The molecule has 0 bridgehead atoms. The smallest absolute Gasteiger partial charge is 0.243 e. The minimum atomic E-state index is -3.61. The van der Waals surface area contributed by atoms with Crippen LogP contribution in [0.1, 0.15) is 54.7 Å². The van der Waals surface area contributed by atoms with Crippen LogP contribution in [0.5, 0.6) is 0 Å². The van der Waals surface area contributed by atoms with Crippen molar-refractivity contribution in [1.82, 2.24) is 8.87 Å². The Morgan fingerprint density at radius 3 is 2.40 bits per heavy atom. The number of ketones is 1. The molecule has 0 aliphatic carbocycles. The Balaban J connectivity index is 2.00. The Morgan fingerprint density at radius 2 is 1.80 bits per heavy atom. The van der Waals surface area contributed by atoms with Gasteiger partial charge in [-0.25, -0.2) is 8.42 Å². The van der Waals surface area contributed by atoms with Gasteiger partial charge in [-0.1, -0.05) is 25.0 Å². The molecule has 1 aliphatic heterocycles. The van der Waals surface area contributed by atoms with Crippen LogP contribution in [0.15, 0.2) is 47.5 Å². The van der Waals surface area contributed by atoms with E-state index >= 15 is 0 Å². The summed E-state index contributed by atoms with van der Waals surface area (Å²) in [6.07, 6.45) is 5.70. The first-order chi connectivity index (χ1) is 11.9. The number of carbonyl (C=O) groups is 1. The highest BCUT2D eigenvalue weighted by molar-refractivity contribution is 7.89. The molecule has 5 nitrogen and oxygen atoms in total. The molecular formula is C19H24N2O3S. The van der Waals surface area contributed by atoms with Gasteiger partial charge in [-0.2, -0.15) is 4.31 Å². The second kappa shape index (κ2) is 7.14. The molecule has 0 radical (unpaired) electrons. The number of hydrogen-bond acceptors (Lipinski definition) is 3. The van der Waals surface area contributed by atoms with Gasteiger partial charge in [0.05, 0.1) is 10.9 Å². The zero-order chi connectivity index (χ0) is 18.0. The molecule has 1 fully saturated rings. The van der Waals surface area contributed by atoms with Crippen LogP contribution in [0.3, 0.4) is 0 Å². The zero-order valence-corrected chi connectivity index (χ0v) is 15.5. The highest BCUT2D eigenvalue weighted by atomic mass is 32.2. The summed E-state index contributed by atoms with van der Waals surface area (Å²) in [6, 6.07) is 10.1. The minimum absolute atomic E-state index is 0.0691. The van der Waals surface area contributed by atoms with Crippen LogP contribution in [0, 0.1) is 0 Å². The number of hydrogen-bond donors (Lipinski definition) is 0. The molecule has 6 heteroatoms. The largest absolute Gasteiger partial charge is 0.353 e. The van der Waals surface area contributed by atoms with Gasteiger partial charge in [0.1, 0.15) is 0 Å². The van der Waals surface area contributed by atoms with E-state index in [-0.39, 0.29) is 16.7 Å². The lowest BCUT2D eigenvalue weighted by atomic mass is 10.1. The van der Waals surface area contributed by atoms with Gasteiger partial charge in [-0.15, -0.1) is 0 Å². The second-order valence-electron chi connectivity index (χ2n) is 6.61. The quantitative estimate of drug-likeness (QED) is 0.784.